The van der Waals surface area contributed by atoms with E-state index in [1.807, 2.05) is 19.1 Å². The molecule has 20 heavy (non-hydrogen) atoms. The van der Waals surface area contributed by atoms with Gasteiger partial charge in [-0.3, -0.25) is 4.79 Å². The third kappa shape index (κ3) is 4.37. The van der Waals surface area contributed by atoms with E-state index in [9.17, 15) is 13.2 Å². The standard InChI is InChI=1S/C14H18N2O3S/c1-10-6-7-13(12(9-10)5-4-8-15)16-14(17)11(2)20(3,18)19/h6-7,9,11H,8,15H2,1-3H3,(H,16,17). The average molecular weight is 294 g/mol. The molecule has 0 aliphatic heterocycles. The van der Waals surface area contributed by atoms with Gasteiger partial charge in [0.25, 0.3) is 0 Å². The predicted octanol–water partition coefficient (Wildman–Crippen LogP) is 0.677. The lowest BCUT2D eigenvalue weighted by Gasteiger charge is -2.12. The molecular weight excluding hydrogens is 276 g/mol. The molecule has 0 aliphatic carbocycles. The van der Waals surface area contributed by atoms with E-state index in [1.54, 1.807) is 6.07 Å². The van der Waals surface area contributed by atoms with Crippen LogP contribution in [0.1, 0.15) is 18.1 Å². The Hall–Kier alpha value is -1.84. The van der Waals surface area contributed by atoms with Crippen molar-refractivity contribution in [3.8, 4) is 11.8 Å². The van der Waals surface area contributed by atoms with Crippen molar-refractivity contribution in [2.45, 2.75) is 19.1 Å². The van der Waals surface area contributed by atoms with Crippen LogP contribution >= 0.6 is 0 Å². The summed E-state index contributed by atoms with van der Waals surface area (Å²) in [7, 11) is -3.43. The number of carbonyl (C=O) groups excluding carboxylic acids is 1. The van der Waals surface area contributed by atoms with E-state index in [2.05, 4.69) is 17.2 Å². The van der Waals surface area contributed by atoms with Gasteiger partial charge in [-0.1, -0.05) is 17.9 Å². The van der Waals surface area contributed by atoms with Crippen molar-refractivity contribution in [3.63, 3.8) is 0 Å². The monoisotopic (exact) mass is 294 g/mol. The number of nitrogens with two attached hydrogens (primary N) is 1. The zero-order valence-electron chi connectivity index (χ0n) is 11.7. The minimum Gasteiger partial charge on any atom is -0.324 e. The highest BCUT2D eigenvalue weighted by Gasteiger charge is 2.23. The molecule has 1 unspecified atom stereocenters. The average Bonchev–Trinajstić information content (AvgIpc) is 2.36. The minimum atomic E-state index is -3.43. The van der Waals surface area contributed by atoms with Crippen LogP contribution in [0.2, 0.25) is 0 Å². The number of hydrogen-bond donors (Lipinski definition) is 2. The number of anilines is 1. The van der Waals surface area contributed by atoms with E-state index in [0.29, 0.717) is 11.3 Å². The first kappa shape index (κ1) is 16.2. The van der Waals surface area contributed by atoms with Crippen molar-refractivity contribution in [1.82, 2.24) is 0 Å². The third-order valence-electron chi connectivity index (χ3n) is 2.77. The molecule has 0 aliphatic rings. The Morgan fingerprint density at radius 1 is 1.45 bits per heavy atom. The third-order valence-corrected chi connectivity index (χ3v) is 4.27. The smallest absolute Gasteiger partial charge is 0.242 e. The molecule has 1 rings (SSSR count). The van der Waals surface area contributed by atoms with Crippen LogP contribution in [0.3, 0.4) is 0 Å². The zero-order valence-corrected chi connectivity index (χ0v) is 12.5. The number of aryl methyl sites for hydroxylation is 1. The molecule has 0 saturated heterocycles. The first-order valence-electron chi connectivity index (χ1n) is 6.05. The molecule has 0 bridgehead atoms. The van der Waals surface area contributed by atoms with E-state index in [-0.39, 0.29) is 6.54 Å². The van der Waals surface area contributed by atoms with Crippen molar-refractivity contribution in [3.05, 3.63) is 29.3 Å². The van der Waals surface area contributed by atoms with Crippen LogP contribution in [0.5, 0.6) is 0 Å². The SMILES string of the molecule is Cc1ccc(NC(=O)C(C)S(C)(=O)=O)c(C#CCN)c1. The van der Waals surface area contributed by atoms with Crippen LogP contribution in [0, 0.1) is 18.8 Å². The first-order chi connectivity index (χ1) is 9.25. The molecule has 0 saturated carbocycles. The summed E-state index contributed by atoms with van der Waals surface area (Å²) in [6.07, 6.45) is 1.03. The van der Waals surface area contributed by atoms with Gasteiger partial charge < -0.3 is 11.1 Å². The van der Waals surface area contributed by atoms with Crippen LogP contribution < -0.4 is 11.1 Å². The van der Waals surface area contributed by atoms with Gasteiger partial charge in [-0.15, -0.1) is 0 Å². The van der Waals surface area contributed by atoms with Crippen molar-refractivity contribution < 1.29 is 13.2 Å². The summed E-state index contributed by atoms with van der Waals surface area (Å²) in [5.41, 5.74) is 7.42. The Kier molecular flexibility index (Phi) is 5.31. The second-order valence-corrected chi connectivity index (χ2v) is 6.88. The topological polar surface area (TPSA) is 89.3 Å². The highest BCUT2D eigenvalue weighted by atomic mass is 32.2. The van der Waals surface area contributed by atoms with E-state index in [4.69, 9.17) is 5.73 Å². The van der Waals surface area contributed by atoms with Gasteiger partial charge in [-0.25, -0.2) is 8.42 Å². The maximum absolute atomic E-state index is 11.9. The number of hydrogen-bond acceptors (Lipinski definition) is 4. The van der Waals surface area contributed by atoms with Crippen LogP contribution in [0.15, 0.2) is 18.2 Å². The Bertz CT molecular complexity index is 669. The number of sulfone groups is 1. The number of carbonyl (C=O) groups is 1. The van der Waals surface area contributed by atoms with Gasteiger partial charge in [-0.2, -0.15) is 0 Å². The lowest BCUT2D eigenvalue weighted by molar-refractivity contribution is -0.115. The Morgan fingerprint density at radius 3 is 2.65 bits per heavy atom. The highest BCUT2D eigenvalue weighted by Crippen LogP contribution is 2.17. The maximum Gasteiger partial charge on any atom is 0.242 e. The summed E-state index contributed by atoms with van der Waals surface area (Å²) in [5.74, 6) is 4.99. The van der Waals surface area contributed by atoms with E-state index in [0.717, 1.165) is 11.8 Å². The zero-order chi connectivity index (χ0) is 15.3. The summed E-state index contributed by atoms with van der Waals surface area (Å²) in [6.45, 7) is 3.46. The Balaban J connectivity index is 3.06. The van der Waals surface area contributed by atoms with Crippen molar-refractivity contribution in [1.29, 1.82) is 0 Å². The summed E-state index contributed by atoms with van der Waals surface area (Å²) in [6, 6.07) is 5.32. The van der Waals surface area contributed by atoms with E-state index < -0.39 is 21.0 Å². The first-order valence-corrected chi connectivity index (χ1v) is 8.00. The summed E-state index contributed by atoms with van der Waals surface area (Å²) >= 11 is 0. The van der Waals surface area contributed by atoms with E-state index >= 15 is 0 Å². The van der Waals surface area contributed by atoms with Crippen LogP contribution in [-0.2, 0) is 14.6 Å². The number of benzene rings is 1. The minimum absolute atomic E-state index is 0.209. The second kappa shape index (κ2) is 6.55. The Morgan fingerprint density at radius 2 is 2.10 bits per heavy atom. The van der Waals surface area contributed by atoms with Crippen LogP contribution in [0.4, 0.5) is 5.69 Å². The van der Waals surface area contributed by atoms with Crippen LogP contribution in [0.25, 0.3) is 0 Å². The number of amides is 1. The van der Waals surface area contributed by atoms with Gasteiger partial charge in [0.1, 0.15) is 5.25 Å². The van der Waals surface area contributed by atoms with Gasteiger partial charge in [0.15, 0.2) is 9.84 Å². The molecule has 0 heterocycles. The summed E-state index contributed by atoms with van der Waals surface area (Å²) in [4.78, 5) is 11.9. The molecular formula is C14H18N2O3S. The molecule has 0 fully saturated rings. The largest absolute Gasteiger partial charge is 0.324 e. The molecule has 0 radical (unpaired) electrons. The van der Waals surface area contributed by atoms with Crippen molar-refractivity contribution in [2.75, 3.05) is 18.1 Å². The molecule has 3 N–H and O–H groups in total. The lowest BCUT2D eigenvalue weighted by Crippen LogP contribution is -2.32. The van der Waals surface area contributed by atoms with Gasteiger partial charge in [-0.05, 0) is 31.5 Å². The molecule has 108 valence electrons. The Labute approximate surface area is 119 Å². The molecule has 1 amide bonds. The fourth-order valence-electron chi connectivity index (χ4n) is 1.45. The van der Waals surface area contributed by atoms with Crippen molar-refractivity contribution >= 4 is 21.4 Å². The normalized spacial score (nSPS) is 12.2. The fraction of sp³-hybridized carbons (Fsp3) is 0.357. The molecule has 6 heteroatoms. The van der Waals surface area contributed by atoms with Gasteiger partial charge in [0.05, 0.1) is 12.2 Å². The van der Waals surface area contributed by atoms with Gasteiger partial charge >= 0.3 is 0 Å². The fourth-order valence-corrected chi connectivity index (χ4v) is 1.89. The quantitative estimate of drug-likeness (QED) is 0.802. The molecule has 0 aromatic heterocycles. The molecule has 1 aromatic rings. The predicted molar refractivity (Wildman–Crippen MR) is 80.0 cm³/mol. The summed E-state index contributed by atoms with van der Waals surface area (Å²) in [5, 5.41) is 1.48. The summed E-state index contributed by atoms with van der Waals surface area (Å²) < 4.78 is 22.7. The molecule has 1 aromatic carbocycles. The molecule has 0 spiro atoms. The molecule has 1 atom stereocenters. The van der Waals surface area contributed by atoms with Gasteiger partial charge in [0, 0.05) is 11.8 Å². The highest BCUT2D eigenvalue weighted by molar-refractivity contribution is 7.92. The lowest BCUT2D eigenvalue weighted by atomic mass is 10.1. The molecule has 5 nitrogen and oxygen atoms in total. The van der Waals surface area contributed by atoms with Gasteiger partial charge in [0.2, 0.25) is 5.91 Å². The van der Waals surface area contributed by atoms with Crippen molar-refractivity contribution in [2.24, 2.45) is 5.73 Å². The number of rotatable bonds is 3. The number of nitrogens with one attached hydrogen (secondary N) is 1. The maximum atomic E-state index is 11.9. The van der Waals surface area contributed by atoms with E-state index in [1.165, 1.54) is 6.92 Å². The van der Waals surface area contributed by atoms with Crippen LogP contribution in [-0.4, -0.2) is 32.4 Å². The second-order valence-electron chi connectivity index (χ2n) is 4.52.